The van der Waals surface area contributed by atoms with E-state index in [2.05, 4.69) is 40.2 Å². The molecule has 0 amide bonds. The molecule has 3 heterocycles. The predicted molar refractivity (Wildman–Crippen MR) is 128 cm³/mol. The second kappa shape index (κ2) is 9.88. The molecule has 0 saturated carbocycles. The number of aromatic nitrogens is 1. The summed E-state index contributed by atoms with van der Waals surface area (Å²) in [7, 11) is 2.11. The zero-order valence-electron chi connectivity index (χ0n) is 19.6. The van der Waals surface area contributed by atoms with Crippen LogP contribution < -0.4 is 9.47 Å². The van der Waals surface area contributed by atoms with Crippen LogP contribution in [0.4, 0.5) is 0 Å². The summed E-state index contributed by atoms with van der Waals surface area (Å²) in [6, 6.07) is 20.7. The number of benzene rings is 2. The quantitative estimate of drug-likeness (QED) is 0.494. The summed E-state index contributed by atoms with van der Waals surface area (Å²) in [5, 5.41) is 14.1. The van der Waals surface area contributed by atoms with Crippen molar-refractivity contribution in [1.82, 2.24) is 15.0 Å². The maximum atomic E-state index is 9.88. The number of piperidine rings is 1. The van der Waals surface area contributed by atoms with Crippen LogP contribution in [-0.2, 0) is 12.0 Å². The Morgan fingerprint density at radius 1 is 1.06 bits per heavy atom. The third-order valence-electron chi connectivity index (χ3n) is 6.92. The van der Waals surface area contributed by atoms with Gasteiger partial charge in [0.2, 0.25) is 6.79 Å². The lowest BCUT2D eigenvalue weighted by molar-refractivity contribution is 0.174. The monoisotopic (exact) mass is 458 g/mol. The number of rotatable bonds is 8. The third-order valence-corrected chi connectivity index (χ3v) is 6.92. The summed E-state index contributed by atoms with van der Waals surface area (Å²) >= 11 is 0. The van der Waals surface area contributed by atoms with Crippen molar-refractivity contribution >= 4 is 0 Å². The molecule has 1 aromatic heterocycles. The molecule has 0 atom stereocenters. The molecule has 0 radical (unpaired) electrons. The zero-order chi connectivity index (χ0) is 23.4. The number of nitriles is 1. The molecule has 0 bridgehead atoms. The van der Waals surface area contributed by atoms with Gasteiger partial charge >= 0.3 is 0 Å². The number of fused-ring (bicyclic) bond motifs is 1. The summed E-state index contributed by atoms with van der Waals surface area (Å²) in [6.45, 7) is 4.92. The fraction of sp³-hybridized carbons (Fsp3) is 0.407. The largest absolute Gasteiger partial charge is 0.454 e. The molecule has 0 aliphatic carbocycles. The molecule has 1 saturated heterocycles. The maximum Gasteiger partial charge on any atom is 0.231 e. The van der Waals surface area contributed by atoms with Gasteiger partial charge < -0.3 is 18.9 Å². The first-order chi connectivity index (χ1) is 16.6. The van der Waals surface area contributed by atoms with E-state index in [1.807, 2.05) is 42.5 Å². The first-order valence-electron chi connectivity index (χ1n) is 11.9. The molecule has 2 aromatic carbocycles. The van der Waals surface area contributed by atoms with E-state index in [1.165, 1.54) is 0 Å². The maximum absolute atomic E-state index is 9.88. The summed E-state index contributed by atoms with van der Waals surface area (Å²) in [4.78, 5) is 4.75. The van der Waals surface area contributed by atoms with E-state index in [0.29, 0.717) is 6.54 Å². The minimum absolute atomic E-state index is 0.261. The van der Waals surface area contributed by atoms with Crippen LogP contribution >= 0.6 is 0 Å². The van der Waals surface area contributed by atoms with Gasteiger partial charge in [-0.1, -0.05) is 35.5 Å². The highest BCUT2D eigenvalue weighted by molar-refractivity contribution is 5.64. The van der Waals surface area contributed by atoms with Gasteiger partial charge in [-0.05, 0) is 76.3 Å². The summed E-state index contributed by atoms with van der Waals surface area (Å²) < 4.78 is 16.4. The minimum Gasteiger partial charge on any atom is -0.454 e. The van der Waals surface area contributed by atoms with Crippen molar-refractivity contribution in [3.63, 3.8) is 0 Å². The smallest absolute Gasteiger partial charge is 0.231 e. The Hall–Kier alpha value is -3.34. The Morgan fingerprint density at radius 3 is 2.65 bits per heavy atom. The summed E-state index contributed by atoms with van der Waals surface area (Å²) in [5.74, 6) is 2.35. The Kier molecular flexibility index (Phi) is 6.52. The molecule has 5 rings (SSSR count). The molecule has 0 spiro atoms. The van der Waals surface area contributed by atoms with Crippen molar-refractivity contribution in [3.05, 3.63) is 65.9 Å². The fourth-order valence-corrected chi connectivity index (χ4v) is 4.87. The van der Waals surface area contributed by atoms with Crippen molar-refractivity contribution in [3.8, 4) is 28.8 Å². The van der Waals surface area contributed by atoms with E-state index in [4.69, 9.17) is 14.0 Å². The normalized spacial score (nSPS) is 17.1. The lowest BCUT2D eigenvalue weighted by Gasteiger charge is -2.37. The molecule has 0 N–H and O–H groups in total. The van der Waals surface area contributed by atoms with Crippen molar-refractivity contribution in [2.24, 2.45) is 0 Å². The number of hydrogen-bond donors (Lipinski definition) is 0. The van der Waals surface area contributed by atoms with Crippen LogP contribution in [0.1, 0.15) is 30.6 Å². The molecular formula is C27H30N4O3. The molecule has 3 aromatic rings. The second-order valence-electron chi connectivity index (χ2n) is 9.24. The van der Waals surface area contributed by atoms with Crippen LogP contribution in [0.5, 0.6) is 11.5 Å². The third kappa shape index (κ3) is 4.79. The van der Waals surface area contributed by atoms with E-state index < -0.39 is 0 Å². The highest BCUT2D eigenvalue weighted by Gasteiger charge is 2.36. The fourth-order valence-electron chi connectivity index (χ4n) is 4.87. The summed E-state index contributed by atoms with van der Waals surface area (Å²) in [6.07, 6.45) is 2.86. The molecule has 7 nitrogen and oxygen atoms in total. The predicted octanol–water partition coefficient (Wildman–Crippen LogP) is 4.45. The van der Waals surface area contributed by atoms with E-state index in [-0.39, 0.29) is 12.2 Å². The highest BCUT2D eigenvalue weighted by Crippen LogP contribution is 2.36. The van der Waals surface area contributed by atoms with Gasteiger partial charge in [0.15, 0.2) is 17.3 Å². The van der Waals surface area contributed by atoms with E-state index in [9.17, 15) is 5.26 Å². The Morgan fingerprint density at radius 2 is 1.85 bits per heavy atom. The van der Waals surface area contributed by atoms with Gasteiger partial charge in [0.25, 0.3) is 0 Å². The average molecular weight is 459 g/mol. The van der Waals surface area contributed by atoms with Gasteiger partial charge in [-0.25, -0.2) is 0 Å². The second-order valence-corrected chi connectivity index (χ2v) is 9.24. The van der Waals surface area contributed by atoms with E-state index >= 15 is 0 Å². The molecule has 176 valence electrons. The van der Waals surface area contributed by atoms with Crippen LogP contribution in [0.2, 0.25) is 0 Å². The van der Waals surface area contributed by atoms with Gasteiger partial charge in [0, 0.05) is 11.6 Å². The Bertz CT molecular complexity index is 1150. The topological polar surface area (TPSA) is 74.8 Å². The standard InChI is InChI=1S/C27H30N4O3/c1-30(18-23-17-24(29-34-23)21-8-9-25-26(16-21)33-20-32-25)12-5-13-31-14-10-27(19-28,11-15-31)22-6-3-2-4-7-22/h2-4,6-9,16-17H,5,10-15,18,20H2,1H3. The van der Waals surface area contributed by atoms with Crippen LogP contribution in [0.3, 0.4) is 0 Å². The van der Waals surface area contributed by atoms with Gasteiger partial charge in [-0.2, -0.15) is 5.26 Å². The molecule has 0 unspecified atom stereocenters. The van der Waals surface area contributed by atoms with E-state index in [0.717, 1.165) is 79.5 Å². The average Bonchev–Trinajstić information content (AvgIpc) is 3.54. The SMILES string of the molecule is CN(CCCN1CCC(C#N)(c2ccccc2)CC1)Cc1cc(-c2ccc3c(c2)OCO3)no1. The Labute approximate surface area is 200 Å². The van der Waals surface area contributed by atoms with Crippen LogP contribution in [0.25, 0.3) is 11.3 Å². The lowest BCUT2D eigenvalue weighted by atomic mass is 9.74. The van der Waals surface area contributed by atoms with Crippen molar-refractivity contribution in [2.45, 2.75) is 31.2 Å². The number of ether oxygens (including phenoxy) is 2. The van der Waals surface area contributed by atoms with Gasteiger partial charge in [-0.15, -0.1) is 0 Å². The zero-order valence-corrected chi connectivity index (χ0v) is 19.6. The number of likely N-dealkylation sites (tertiary alicyclic amines) is 1. The van der Waals surface area contributed by atoms with Gasteiger partial charge in [0.1, 0.15) is 5.69 Å². The first kappa shape index (κ1) is 22.5. The van der Waals surface area contributed by atoms with Crippen LogP contribution in [0, 0.1) is 11.3 Å². The molecule has 34 heavy (non-hydrogen) atoms. The number of nitrogens with zero attached hydrogens (tertiary/aromatic N) is 4. The van der Waals surface area contributed by atoms with Crippen molar-refractivity contribution in [2.75, 3.05) is 40.0 Å². The van der Waals surface area contributed by atoms with Gasteiger partial charge in [0.05, 0.1) is 18.0 Å². The van der Waals surface area contributed by atoms with E-state index in [1.54, 1.807) is 0 Å². The lowest BCUT2D eigenvalue weighted by Crippen LogP contribution is -2.42. The molecule has 2 aliphatic rings. The molecule has 2 aliphatic heterocycles. The minimum atomic E-state index is -0.337. The molecular weight excluding hydrogens is 428 g/mol. The van der Waals surface area contributed by atoms with Crippen LogP contribution in [-0.4, -0.2) is 55.0 Å². The molecule has 1 fully saturated rings. The summed E-state index contributed by atoms with van der Waals surface area (Å²) in [5.41, 5.74) is 2.57. The Balaban J connectivity index is 1.07. The molecule has 7 heteroatoms. The van der Waals surface area contributed by atoms with Crippen molar-refractivity contribution in [1.29, 1.82) is 5.26 Å². The van der Waals surface area contributed by atoms with Gasteiger partial charge in [-0.3, -0.25) is 4.90 Å². The van der Waals surface area contributed by atoms with Crippen molar-refractivity contribution < 1.29 is 14.0 Å². The first-order valence-corrected chi connectivity index (χ1v) is 11.9. The highest BCUT2D eigenvalue weighted by atomic mass is 16.7. The van der Waals surface area contributed by atoms with Crippen LogP contribution in [0.15, 0.2) is 59.1 Å². The number of hydrogen-bond acceptors (Lipinski definition) is 7.